The van der Waals surface area contributed by atoms with Crippen LogP contribution in [0.4, 0.5) is 5.82 Å². The zero-order valence-corrected chi connectivity index (χ0v) is 14.2. The SMILES string of the molecule is COC(=O)c1cc(N2CCCc3ccccc3C2)nc2ccccc12. The lowest BCUT2D eigenvalue weighted by Gasteiger charge is -2.23. The molecule has 2 aromatic carbocycles. The number of benzene rings is 2. The van der Waals surface area contributed by atoms with Crippen molar-refractivity contribution in [1.82, 2.24) is 4.98 Å². The van der Waals surface area contributed by atoms with Crippen molar-refractivity contribution in [3.8, 4) is 0 Å². The second-order valence-electron chi connectivity index (χ2n) is 6.33. The molecule has 4 heteroatoms. The van der Waals surface area contributed by atoms with Gasteiger partial charge in [-0.15, -0.1) is 0 Å². The van der Waals surface area contributed by atoms with Crippen LogP contribution in [-0.2, 0) is 17.7 Å². The molecule has 0 spiro atoms. The van der Waals surface area contributed by atoms with Gasteiger partial charge in [0.2, 0.25) is 0 Å². The van der Waals surface area contributed by atoms with Gasteiger partial charge in [0.15, 0.2) is 0 Å². The molecule has 25 heavy (non-hydrogen) atoms. The van der Waals surface area contributed by atoms with E-state index in [4.69, 9.17) is 9.72 Å². The van der Waals surface area contributed by atoms with E-state index < -0.39 is 0 Å². The van der Waals surface area contributed by atoms with Gasteiger partial charge >= 0.3 is 5.97 Å². The van der Waals surface area contributed by atoms with Crippen LogP contribution < -0.4 is 4.90 Å². The van der Waals surface area contributed by atoms with Gasteiger partial charge in [0.1, 0.15) is 5.82 Å². The predicted octanol–water partition coefficient (Wildman–Crippen LogP) is 3.97. The van der Waals surface area contributed by atoms with E-state index in [1.165, 1.54) is 18.2 Å². The van der Waals surface area contributed by atoms with Gasteiger partial charge in [-0.2, -0.15) is 0 Å². The molecule has 0 N–H and O–H groups in total. The number of aromatic nitrogens is 1. The first-order valence-corrected chi connectivity index (χ1v) is 8.56. The smallest absolute Gasteiger partial charge is 0.338 e. The highest BCUT2D eigenvalue weighted by atomic mass is 16.5. The summed E-state index contributed by atoms with van der Waals surface area (Å²) in [5, 5.41) is 0.827. The topological polar surface area (TPSA) is 42.4 Å². The van der Waals surface area contributed by atoms with Crippen LogP contribution in [-0.4, -0.2) is 24.6 Å². The van der Waals surface area contributed by atoms with E-state index in [0.717, 1.165) is 42.7 Å². The summed E-state index contributed by atoms with van der Waals surface area (Å²) in [6.45, 7) is 1.72. The van der Waals surface area contributed by atoms with Gasteiger partial charge < -0.3 is 9.64 Å². The van der Waals surface area contributed by atoms with Gasteiger partial charge in [-0.25, -0.2) is 9.78 Å². The molecule has 0 radical (unpaired) electrons. The lowest BCUT2D eigenvalue weighted by molar-refractivity contribution is 0.0603. The number of hydrogen-bond donors (Lipinski definition) is 0. The fraction of sp³-hybridized carbons (Fsp3) is 0.238. The Morgan fingerprint density at radius 1 is 1.08 bits per heavy atom. The van der Waals surface area contributed by atoms with Crippen molar-refractivity contribution >= 4 is 22.7 Å². The molecule has 1 aliphatic heterocycles. The second-order valence-corrected chi connectivity index (χ2v) is 6.33. The van der Waals surface area contributed by atoms with Crippen LogP contribution in [0.5, 0.6) is 0 Å². The number of hydrogen-bond acceptors (Lipinski definition) is 4. The third-order valence-electron chi connectivity index (χ3n) is 4.79. The average Bonchev–Trinajstić information content (AvgIpc) is 2.89. The number of pyridine rings is 1. The molecular formula is C21H20N2O2. The number of ether oxygens (including phenoxy) is 1. The van der Waals surface area contributed by atoms with Crippen LogP contribution in [0.1, 0.15) is 27.9 Å². The summed E-state index contributed by atoms with van der Waals surface area (Å²) in [6.07, 6.45) is 2.14. The Hall–Kier alpha value is -2.88. The zero-order chi connectivity index (χ0) is 17.2. The normalized spacial score (nSPS) is 14.0. The minimum atomic E-state index is -0.324. The molecule has 2 heterocycles. The number of methoxy groups -OCH3 is 1. The number of esters is 1. The highest BCUT2D eigenvalue weighted by Crippen LogP contribution is 2.27. The fourth-order valence-corrected chi connectivity index (χ4v) is 3.50. The molecule has 0 fully saturated rings. The van der Waals surface area contributed by atoms with Crippen molar-refractivity contribution in [3.05, 3.63) is 71.3 Å². The van der Waals surface area contributed by atoms with Gasteiger partial charge in [0, 0.05) is 18.5 Å². The molecule has 0 atom stereocenters. The van der Waals surface area contributed by atoms with Crippen LogP contribution in [0.15, 0.2) is 54.6 Å². The Bertz CT molecular complexity index is 936. The van der Waals surface area contributed by atoms with E-state index in [9.17, 15) is 4.79 Å². The van der Waals surface area contributed by atoms with Crippen LogP contribution in [0.2, 0.25) is 0 Å². The number of carbonyl (C=O) groups excluding carboxylic acids is 1. The molecule has 4 rings (SSSR count). The van der Waals surface area contributed by atoms with Crippen LogP contribution >= 0.6 is 0 Å². The largest absolute Gasteiger partial charge is 0.465 e. The summed E-state index contributed by atoms with van der Waals surface area (Å²) in [7, 11) is 1.42. The standard InChI is InChI=1S/C21H20N2O2/c1-25-21(24)18-13-20(22-19-11-5-4-10-17(18)19)23-12-6-9-15-7-2-3-8-16(15)14-23/h2-5,7-8,10-11,13H,6,9,12,14H2,1H3. The highest BCUT2D eigenvalue weighted by Gasteiger charge is 2.19. The Kier molecular flexibility index (Phi) is 4.10. The first-order valence-electron chi connectivity index (χ1n) is 8.56. The predicted molar refractivity (Wildman–Crippen MR) is 98.9 cm³/mol. The summed E-state index contributed by atoms with van der Waals surface area (Å²) in [5.74, 6) is 0.505. The molecule has 1 aromatic heterocycles. The molecule has 0 bridgehead atoms. The second kappa shape index (κ2) is 6.55. The van der Waals surface area contributed by atoms with Crippen molar-refractivity contribution in [2.45, 2.75) is 19.4 Å². The van der Waals surface area contributed by atoms with E-state index >= 15 is 0 Å². The summed E-state index contributed by atoms with van der Waals surface area (Å²) in [4.78, 5) is 19.3. The van der Waals surface area contributed by atoms with Crippen molar-refractivity contribution in [2.75, 3.05) is 18.6 Å². The van der Waals surface area contributed by atoms with Gasteiger partial charge in [0.05, 0.1) is 18.2 Å². The first kappa shape index (κ1) is 15.6. The first-order chi connectivity index (χ1) is 12.3. The molecule has 0 amide bonds. The Balaban J connectivity index is 1.80. The monoisotopic (exact) mass is 332 g/mol. The minimum Gasteiger partial charge on any atom is -0.465 e. The molecule has 1 aliphatic rings. The maximum absolute atomic E-state index is 12.3. The fourth-order valence-electron chi connectivity index (χ4n) is 3.50. The molecule has 126 valence electrons. The zero-order valence-electron chi connectivity index (χ0n) is 14.2. The van der Waals surface area contributed by atoms with E-state index in [2.05, 4.69) is 29.2 Å². The Morgan fingerprint density at radius 2 is 1.84 bits per heavy atom. The molecule has 0 aliphatic carbocycles. The summed E-state index contributed by atoms with van der Waals surface area (Å²) < 4.78 is 4.98. The van der Waals surface area contributed by atoms with E-state index in [1.54, 1.807) is 0 Å². The molecule has 0 unspecified atom stereocenters. The number of rotatable bonds is 2. The van der Waals surface area contributed by atoms with Crippen molar-refractivity contribution in [1.29, 1.82) is 0 Å². The number of para-hydroxylation sites is 1. The third kappa shape index (κ3) is 2.95. The van der Waals surface area contributed by atoms with Crippen LogP contribution in [0, 0.1) is 0 Å². The lowest BCUT2D eigenvalue weighted by Crippen LogP contribution is -2.24. The number of anilines is 1. The minimum absolute atomic E-state index is 0.324. The number of aryl methyl sites for hydroxylation is 1. The number of fused-ring (bicyclic) bond motifs is 2. The summed E-state index contributed by atoms with van der Waals surface area (Å²) >= 11 is 0. The molecule has 3 aromatic rings. The van der Waals surface area contributed by atoms with Gasteiger partial charge in [-0.3, -0.25) is 0 Å². The molecule has 0 saturated carbocycles. The van der Waals surface area contributed by atoms with Gasteiger partial charge in [-0.05, 0) is 36.1 Å². The average molecular weight is 332 g/mol. The van der Waals surface area contributed by atoms with E-state index in [1.807, 2.05) is 30.3 Å². The molecular weight excluding hydrogens is 312 g/mol. The van der Waals surface area contributed by atoms with Crippen molar-refractivity contribution < 1.29 is 9.53 Å². The Morgan fingerprint density at radius 3 is 2.68 bits per heavy atom. The van der Waals surface area contributed by atoms with Crippen LogP contribution in [0.3, 0.4) is 0 Å². The lowest BCUT2D eigenvalue weighted by atomic mass is 10.0. The number of nitrogens with zero attached hydrogens (tertiary/aromatic N) is 2. The molecule has 0 saturated heterocycles. The summed E-state index contributed by atoms with van der Waals surface area (Å²) in [5.41, 5.74) is 4.12. The van der Waals surface area contributed by atoms with Crippen LogP contribution in [0.25, 0.3) is 10.9 Å². The van der Waals surface area contributed by atoms with Crippen molar-refractivity contribution in [3.63, 3.8) is 0 Å². The van der Waals surface area contributed by atoms with Gasteiger partial charge in [0.25, 0.3) is 0 Å². The maximum atomic E-state index is 12.3. The summed E-state index contributed by atoms with van der Waals surface area (Å²) in [6, 6.07) is 18.1. The van der Waals surface area contributed by atoms with Gasteiger partial charge in [-0.1, -0.05) is 42.5 Å². The molecule has 4 nitrogen and oxygen atoms in total. The third-order valence-corrected chi connectivity index (χ3v) is 4.79. The number of carbonyl (C=O) groups is 1. The van der Waals surface area contributed by atoms with E-state index in [-0.39, 0.29) is 5.97 Å². The van der Waals surface area contributed by atoms with E-state index in [0.29, 0.717) is 5.56 Å². The Labute approximate surface area is 147 Å². The highest BCUT2D eigenvalue weighted by molar-refractivity contribution is 6.04. The van der Waals surface area contributed by atoms with Crippen molar-refractivity contribution in [2.24, 2.45) is 0 Å². The quantitative estimate of drug-likeness (QED) is 0.666. The maximum Gasteiger partial charge on any atom is 0.338 e.